The minimum absolute atomic E-state index is 1.01. The zero-order valence-corrected chi connectivity index (χ0v) is 10.4. The van der Waals surface area contributed by atoms with E-state index in [-0.39, 0.29) is 0 Å². The van der Waals surface area contributed by atoms with E-state index in [1.165, 1.54) is 33.5 Å². The normalized spacial score (nSPS) is 14.7. The van der Waals surface area contributed by atoms with Gasteiger partial charge in [0.15, 0.2) is 0 Å². The van der Waals surface area contributed by atoms with Crippen molar-refractivity contribution in [2.45, 2.75) is 26.8 Å². The van der Waals surface area contributed by atoms with Crippen LogP contribution in [0.1, 0.15) is 22.4 Å². The Morgan fingerprint density at radius 3 is 2.76 bits per heavy atom. The van der Waals surface area contributed by atoms with Crippen molar-refractivity contribution in [3.8, 4) is 11.1 Å². The number of H-pyrrole nitrogens is 1. The number of hydrogen-bond donors (Lipinski definition) is 2. The van der Waals surface area contributed by atoms with Gasteiger partial charge in [-0.25, -0.2) is 0 Å². The molecule has 2 nitrogen and oxygen atoms in total. The molecule has 0 spiro atoms. The van der Waals surface area contributed by atoms with Crippen molar-refractivity contribution in [2.75, 3.05) is 6.54 Å². The van der Waals surface area contributed by atoms with E-state index in [0.29, 0.717) is 0 Å². The quantitative estimate of drug-likeness (QED) is 0.768. The molecule has 2 N–H and O–H groups in total. The summed E-state index contributed by atoms with van der Waals surface area (Å²) in [7, 11) is 0. The Morgan fingerprint density at radius 2 is 2.00 bits per heavy atom. The number of hydrogen-bond acceptors (Lipinski definition) is 1. The molecular formula is C15H18N2. The van der Waals surface area contributed by atoms with Gasteiger partial charge in [0.05, 0.1) is 0 Å². The summed E-state index contributed by atoms with van der Waals surface area (Å²) >= 11 is 0. The third-order valence-corrected chi connectivity index (χ3v) is 3.83. The molecule has 0 radical (unpaired) electrons. The van der Waals surface area contributed by atoms with Gasteiger partial charge < -0.3 is 10.3 Å². The zero-order chi connectivity index (χ0) is 11.8. The van der Waals surface area contributed by atoms with Crippen LogP contribution in [-0.4, -0.2) is 11.5 Å². The van der Waals surface area contributed by atoms with Gasteiger partial charge in [-0.3, -0.25) is 0 Å². The zero-order valence-electron chi connectivity index (χ0n) is 10.4. The molecule has 3 rings (SSSR count). The highest BCUT2D eigenvalue weighted by Crippen LogP contribution is 2.31. The van der Waals surface area contributed by atoms with Gasteiger partial charge in [0.1, 0.15) is 0 Å². The second-order valence-electron chi connectivity index (χ2n) is 4.82. The fourth-order valence-electron chi connectivity index (χ4n) is 2.66. The molecule has 0 fully saturated rings. The van der Waals surface area contributed by atoms with E-state index in [4.69, 9.17) is 0 Å². The molecule has 88 valence electrons. The van der Waals surface area contributed by atoms with Crippen LogP contribution >= 0.6 is 0 Å². The first-order valence-electron chi connectivity index (χ1n) is 6.24. The molecule has 0 aliphatic carbocycles. The summed E-state index contributed by atoms with van der Waals surface area (Å²) in [6, 6.07) is 6.66. The Hall–Kier alpha value is -1.54. The summed E-state index contributed by atoms with van der Waals surface area (Å²) in [5.41, 5.74) is 8.39. The maximum Gasteiger partial charge on any atom is 0.0208 e. The highest BCUT2D eigenvalue weighted by molar-refractivity contribution is 5.72. The second-order valence-corrected chi connectivity index (χ2v) is 4.82. The summed E-state index contributed by atoms with van der Waals surface area (Å²) < 4.78 is 0. The monoisotopic (exact) mass is 226 g/mol. The van der Waals surface area contributed by atoms with Crippen LogP contribution in [-0.2, 0) is 13.0 Å². The van der Waals surface area contributed by atoms with Crippen LogP contribution in [0, 0.1) is 13.8 Å². The number of aromatic nitrogens is 1. The van der Waals surface area contributed by atoms with Crippen molar-refractivity contribution in [3.05, 3.63) is 46.8 Å². The molecule has 0 atom stereocenters. The van der Waals surface area contributed by atoms with Gasteiger partial charge in [-0.1, -0.05) is 18.2 Å². The predicted octanol–water partition coefficient (Wildman–Crippen LogP) is 2.94. The molecule has 0 bridgehead atoms. The number of benzene rings is 1. The summed E-state index contributed by atoms with van der Waals surface area (Å²) in [5, 5.41) is 3.43. The minimum Gasteiger partial charge on any atom is -0.364 e. The standard InChI is InChI=1S/C15H18N2/c1-10-11(2)17-9-15(10)14-5-3-4-12-8-16-7-6-13(12)14/h3-5,9,16-17H,6-8H2,1-2H3. The molecule has 1 aliphatic rings. The molecule has 2 heterocycles. The highest BCUT2D eigenvalue weighted by atomic mass is 14.9. The Balaban J connectivity index is 2.18. The molecule has 0 unspecified atom stereocenters. The lowest BCUT2D eigenvalue weighted by Crippen LogP contribution is -2.24. The van der Waals surface area contributed by atoms with E-state index in [0.717, 1.165) is 19.5 Å². The van der Waals surface area contributed by atoms with Crippen LogP contribution in [0.4, 0.5) is 0 Å². The molecule has 1 aliphatic heterocycles. The van der Waals surface area contributed by atoms with E-state index < -0.39 is 0 Å². The van der Waals surface area contributed by atoms with Gasteiger partial charge >= 0.3 is 0 Å². The number of aryl methyl sites for hydroxylation is 1. The first-order valence-corrected chi connectivity index (χ1v) is 6.24. The van der Waals surface area contributed by atoms with Crippen molar-refractivity contribution < 1.29 is 0 Å². The maximum absolute atomic E-state index is 3.43. The lowest BCUT2D eigenvalue weighted by atomic mass is 9.91. The van der Waals surface area contributed by atoms with Crippen molar-refractivity contribution in [3.63, 3.8) is 0 Å². The van der Waals surface area contributed by atoms with Gasteiger partial charge in [-0.2, -0.15) is 0 Å². The molecular weight excluding hydrogens is 208 g/mol. The smallest absolute Gasteiger partial charge is 0.0208 e. The van der Waals surface area contributed by atoms with Crippen LogP contribution in [0.5, 0.6) is 0 Å². The van der Waals surface area contributed by atoms with Crippen molar-refractivity contribution in [1.82, 2.24) is 10.3 Å². The Morgan fingerprint density at radius 1 is 1.12 bits per heavy atom. The Bertz CT molecular complexity index is 552. The largest absolute Gasteiger partial charge is 0.364 e. The van der Waals surface area contributed by atoms with Crippen LogP contribution < -0.4 is 5.32 Å². The Kier molecular flexibility index (Phi) is 2.52. The van der Waals surface area contributed by atoms with E-state index in [9.17, 15) is 0 Å². The molecule has 0 amide bonds. The molecule has 2 aromatic rings. The first-order chi connectivity index (χ1) is 8.27. The topological polar surface area (TPSA) is 27.8 Å². The van der Waals surface area contributed by atoms with Crippen LogP contribution in [0.25, 0.3) is 11.1 Å². The van der Waals surface area contributed by atoms with E-state index in [2.05, 4.69) is 48.5 Å². The highest BCUT2D eigenvalue weighted by Gasteiger charge is 2.15. The lowest BCUT2D eigenvalue weighted by Gasteiger charge is -2.20. The molecule has 1 aromatic heterocycles. The van der Waals surface area contributed by atoms with E-state index in [1.54, 1.807) is 0 Å². The number of fused-ring (bicyclic) bond motifs is 1. The second kappa shape index (κ2) is 4.04. The fourth-order valence-corrected chi connectivity index (χ4v) is 2.66. The SMILES string of the molecule is Cc1[nH]cc(-c2cccc3c2CCNC3)c1C. The molecule has 17 heavy (non-hydrogen) atoms. The van der Waals surface area contributed by atoms with Crippen LogP contribution in [0.15, 0.2) is 24.4 Å². The van der Waals surface area contributed by atoms with Crippen molar-refractivity contribution >= 4 is 0 Å². The van der Waals surface area contributed by atoms with Crippen LogP contribution in [0.3, 0.4) is 0 Å². The van der Waals surface area contributed by atoms with Gasteiger partial charge in [-0.15, -0.1) is 0 Å². The van der Waals surface area contributed by atoms with Gasteiger partial charge in [0.2, 0.25) is 0 Å². The summed E-state index contributed by atoms with van der Waals surface area (Å²) in [6.45, 7) is 6.43. The van der Waals surface area contributed by atoms with Crippen molar-refractivity contribution in [2.24, 2.45) is 0 Å². The van der Waals surface area contributed by atoms with Crippen LogP contribution in [0.2, 0.25) is 0 Å². The maximum atomic E-state index is 3.43. The summed E-state index contributed by atoms with van der Waals surface area (Å²) in [5.74, 6) is 0. The fraction of sp³-hybridized carbons (Fsp3) is 0.333. The van der Waals surface area contributed by atoms with Gasteiger partial charge in [0, 0.05) is 24.0 Å². The summed E-state index contributed by atoms with van der Waals surface area (Å²) in [4.78, 5) is 3.33. The lowest BCUT2D eigenvalue weighted by molar-refractivity contribution is 0.645. The minimum atomic E-state index is 1.01. The Labute approximate surface area is 102 Å². The van der Waals surface area contributed by atoms with Gasteiger partial charge in [-0.05, 0) is 49.1 Å². The predicted molar refractivity (Wildman–Crippen MR) is 71.1 cm³/mol. The number of rotatable bonds is 1. The van der Waals surface area contributed by atoms with E-state index >= 15 is 0 Å². The summed E-state index contributed by atoms with van der Waals surface area (Å²) in [6.07, 6.45) is 3.28. The van der Waals surface area contributed by atoms with E-state index in [1.807, 2.05) is 0 Å². The molecule has 0 saturated carbocycles. The number of nitrogens with one attached hydrogen (secondary N) is 2. The van der Waals surface area contributed by atoms with Crippen molar-refractivity contribution in [1.29, 1.82) is 0 Å². The number of aromatic amines is 1. The average molecular weight is 226 g/mol. The first kappa shape index (κ1) is 10.6. The van der Waals surface area contributed by atoms with Gasteiger partial charge in [0.25, 0.3) is 0 Å². The average Bonchev–Trinajstić information content (AvgIpc) is 2.69. The molecule has 1 aromatic carbocycles. The third kappa shape index (κ3) is 1.69. The molecule has 2 heteroatoms. The third-order valence-electron chi connectivity index (χ3n) is 3.83. The molecule has 0 saturated heterocycles.